The number of carbonyl (C=O) groups is 3. The average molecular weight is 551 g/mol. The highest BCUT2D eigenvalue weighted by atomic mass is 16.5. The minimum atomic E-state index is -1.13. The zero-order valence-corrected chi connectivity index (χ0v) is 24.4. The summed E-state index contributed by atoms with van der Waals surface area (Å²) < 4.78 is 16.2. The molecule has 0 aliphatic carbocycles. The molecule has 2 N–H and O–H groups in total. The van der Waals surface area contributed by atoms with E-state index in [2.05, 4.69) is 15.8 Å². The van der Waals surface area contributed by atoms with E-state index in [1.165, 1.54) is 19.1 Å². The Bertz CT molecular complexity index is 1350. The van der Waals surface area contributed by atoms with E-state index in [-0.39, 0.29) is 18.7 Å². The summed E-state index contributed by atoms with van der Waals surface area (Å²) in [7, 11) is 2.99. The number of rotatable bonds is 10. The number of nitrogens with one attached hydrogen (secondary N) is 2. The van der Waals surface area contributed by atoms with Crippen molar-refractivity contribution >= 4 is 29.2 Å². The van der Waals surface area contributed by atoms with Gasteiger partial charge in [0.05, 0.1) is 14.2 Å². The van der Waals surface area contributed by atoms with E-state index in [1.54, 1.807) is 31.2 Å². The summed E-state index contributed by atoms with van der Waals surface area (Å²) in [4.78, 5) is 42.1. The molecule has 1 aromatic heterocycles. The van der Waals surface area contributed by atoms with Crippen molar-refractivity contribution in [3.8, 4) is 11.5 Å². The summed E-state index contributed by atoms with van der Waals surface area (Å²) in [5, 5.41) is 9.41. The lowest BCUT2D eigenvalue weighted by atomic mass is 9.98. The van der Waals surface area contributed by atoms with Crippen LogP contribution in [0.2, 0.25) is 0 Å². The fourth-order valence-corrected chi connectivity index (χ4v) is 4.46. The number of nitrogens with zero attached hydrogens (tertiary/aromatic N) is 2. The summed E-state index contributed by atoms with van der Waals surface area (Å²) in [6.07, 6.45) is -0.296. The normalized spacial score (nSPS) is 11.9. The van der Waals surface area contributed by atoms with Gasteiger partial charge in [-0.3, -0.25) is 19.3 Å². The van der Waals surface area contributed by atoms with Crippen molar-refractivity contribution in [2.45, 2.75) is 66.0 Å². The number of benzene rings is 2. The van der Waals surface area contributed by atoms with Crippen LogP contribution in [0.5, 0.6) is 11.5 Å². The van der Waals surface area contributed by atoms with Crippen LogP contribution < -0.4 is 25.0 Å². The van der Waals surface area contributed by atoms with Crippen molar-refractivity contribution in [1.82, 2.24) is 10.5 Å². The SMILES string of the molecule is COc1cccc([C@@H](C(=O)NC(C)(C)C)N(C(=O)CCC(=O)Nc2cc(C)on2)c2cc(C)cc(C)c2)c1OC. The predicted molar refractivity (Wildman–Crippen MR) is 153 cm³/mol. The minimum Gasteiger partial charge on any atom is -0.493 e. The maximum absolute atomic E-state index is 14.0. The molecule has 3 aromatic rings. The van der Waals surface area contributed by atoms with Gasteiger partial charge >= 0.3 is 0 Å². The number of para-hydroxylation sites is 1. The van der Waals surface area contributed by atoms with Crippen LogP contribution in [0.1, 0.15) is 62.1 Å². The molecule has 2 aromatic carbocycles. The number of methoxy groups -OCH3 is 2. The lowest BCUT2D eigenvalue weighted by Gasteiger charge is -2.35. The predicted octanol–water partition coefficient (Wildman–Crippen LogP) is 5.02. The molecular weight excluding hydrogens is 512 g/mol. The number of hydrogen-bond donors (Lipinski definition) is 2. The van der Waals surface area contributed by atoms with E-state index in [9.17, 15) is 14.4 Å². The average Bonchev–Trinajstić information content (AvgIpc) is 3.27. The summed E-state index contributed by atoms with van der Waals surface area (Å²) in [5.41, 5.74) is 2.21. The van der Waals surface area contributed by atoms with E-state index in [1.807, 2.05) is 52.8 Å². The number of ether oxygens (including phenoxy) is 2. The van der Waals surface area contributed by atoms with Crippen molar-refractivity contribution in [3.05, 3.63) is 64.9 Å². The Kier molecular flexibility index (Phi) is 9.57. The second-order valence-electron chi connectivity index (χ2n) is 10.7. The molecule has 214 valence electrons. The molecule has 0 saturated heterocycles. The molecule has 3 amide bonds. The first-order chi connectivity index (χ1) is 18.8. The van der Waals surface area contributed by atoms with E-state index in [0.717, 1.165) is 11.1 Å². The molecular formula is C30H38N4O6. The largest absolute Gasteiger partial charge is 0.493 e. The van der Waals surface area contributed by atoms with Gasteiger partial charge in [0.25, 0.3) is 0 Å². The minimum absolute atomic E-state index is 0.130. The van der Waals surface area contributed by atoms with Gasteiger partial charge in [0.2, 0.25) is 17.7 Å². The third-order valence-corrected chi connectivity index (χ3v) is 5.95. The first-order valence-corrected chi connectivity index (χ1v) is 13.0. The Morgan fingerprint density at radius 2 is 1.65 bits per heavy atom. The van der Waals surface area contributed by atoms with Crippen LogP contribution in [0.15, 0.2) is 47.0 Å². The Hall–Kier alpha value is -4.34. The fraction of sp³-hybridized carbons (Fsp3) is 0.400. The number of carbonyl (C=O) groups excluding carboxylic acids is 3. The molecule has 0 bridgehead atoms. The Balaban J connectivity index is 2.10. The number of anilines is 2. The van der Waals surface area contributed by atoms with Crippen LogP contribution in [0.4, 0.5) is 11.5 Å². The zero-order valence-electron chi connectivity index (χ0n) is 24.4. The van der Waals surface area contributed by atoms with Gasteiger partial charge in [0.15, 0.2) is 17.3 Å². The third-order valence-electron chi connectivity index (χ3n) is 5.95. The smallest absolute Gasteiger partial charge is 0.248 e. The molecule has 10 heteroatoms. The molecule has 40 heavy (non-hydrogen) atoms. The maximum Gasteiger partial charge on any atom is 0.248 e. The van der Waals surface area contributed by atoms with Gasteiger partial charge in [0.1, 0.15) is 11.8 Å². The Morgan fingerprint density at radius 3 is 2.20 bits per heavy atom. The summed E-state index contributed by atoms with van der Waals surface area (Å²) in [6.45, 7) is 11.1. The lowest BCUT2D eigenvalue weighted by Crippen LogP contribution is -2.49. The van der Waals surface area contributed by atoms with Crippen molar-refractivity contribution in [1.29, 1.82) is 0 Å². The molecule has 0 radical (unpaired) electrons. The van der Waals surface area contributed by atoms with Gasteiger partial charge in [-0.25, -0.2) is 0 Å². The van der Waals surface area contributed by atoms with E-state index in [4.69, 9.17) is 14.0 Å². The lowest BCUT2D eigenvalue weighted by molar-refractivity contribution is -0.128. The molecule has 0 saturated carbocycles. The van der Waals surface area contributed by atoms with Gasteiger partial charge in [-0.05, 0) is 70.9 Å². The monoisotopic (exact) mass is 550 g/mol. The van der Waals surface area contributed by atoms with Crippen molar-refractivity contribution in [2.24, 2.45) is 0 Å². The highest BCUT2D eigenvalue weighted by Gasteiger charge is 2.37. The van der Waals surface area contributed by atoms with Crippen molar-refractivity contribution in [3.63, 3.8) is 0 Å². The topological polar surface area (TPSA) is 123 Å². The molecule has 0 unspecified atom stereocenters. The van der Waals surface area contributed by atoms with Crippen LogP contribution in [-0.2, 0) is 14.4 Å². The van der Waals surface area contributed by atoms with Crippen molar-refractivity contribution < 1.29 is 28.4 Å². The first kappa shape index (κ1) is 30.2. The second-order valence-corrected chi connectivity index (χ2v) is 10.7. The van der Waals surface area contributed by atoms with Gasteiger partial charge in [-0.15, -0.1) is 0 Å². The summed E-state index contributed by atoms with van der Waals surface area (Å²) >= 11 is 0. The molecule has 0 aliphatic rings. The molecule has 1 atom stereocenters. The Morgan fingerprint density at radius 1 is 0.975 bits per heavy atom. The molecule has 0 aliphatic heterocycles. The van der Waals surface area contributed by atoms with E-state index >= 15 is 0 Å². The van der Waals surface area contributed by atoms with Crippen LogP contribution in [0.3, 0.4) is 0 Å². The van der Waals surface area contributed by atoms with Crippen LogP contribution in [0, 0.1) is 20.8 Å². The highest BCUT2D eigenvalue weighted by Crippen LogP contribution is 2.40. The number of aromatic nitrogens is 1. The van der Waals surface area contributed by atoms with E-state index < -0.39 is 29.3 Å². The maximum atomic E-state index is 14.0. The van der Waals surface area contributed by atoms with Crippen LogP contribution in [-0.4, -0.2) is 42.6 Å². The van der Waals surface area contributed by atoms with Gasteiger partial charge in [-0.2, -0.15) is 0 Å². The zero-order chi connectivity index (χ0) is 29.6. The quantitative estimate of drug-likeness (QED) is 0.363. The second kappa shape index (κ2) is 12.7. The van der Waals surface area contributed by atoms with Crippen LogP contribution >= 0.6 is 0 Å². The fourth-order valence-electron chi connectivity index (χ4n) is 4.46. The van der Waals surface area contributed by atoms with Gasteiger partial charge in [-0.1, -0.05) is 23.4 Å². The van der Waals surface area contributed by atoms with Gasteiger partial charge in [0, 0.05) is 35.7 Å². The molecule has 0 fully saturated rings. The van der Waals surface area contributed by atoms with E-state index in [0.29, 0.717) is 28.5 Å². The molecule has 10 nitrogen and oxygen atoms in total. The first-order valence-electron chi connectivity index (χ1n) is 13.0. The Labute approximate surface area is 235 Å². The number of hydrogen-bond acceptors (Lipinski definition) is 7. The van der Waals surface area contributed by atoms with Crippen molar-refractivity contribution in [2.75, 3.05) is 24.4 Å². The molecule has 3 rings (SSSR count). The van der Waals surface area contributed by atoms with Crippen LogP contribution in [0.25, 0.3) is 0 Å². The molecule has 1 heterocycles. The third kappa shape index (κ3) is 7.62. The van der Waals surface area contributed by atoms with Gasteiger partial charge < -0.3 is 24.6 Å². The molecule has 0 spiro atoms. The standard InChI is InChI=1S/C30H38N4O6/c1-18-14-19(2)16-21(15-18)34(26(36)13-12-25(35)31-24-17-20(3)40-33-24)27(29(37)32-30(4,5)6)22-10-9-11-23(38-7)28(22)39-8/h9-11,14-17,27H,12-13H2,1-8H3,(H,32,37)(H,31,33,35)/t27-/m0/s1. The summed E-state index contributed by atoms with van der Waals surface area (Å²) in [5.74, 6) is 0.335. The number of amides is 3. The highest BCUT2D eigenvalue weighted by molar-refractivity contribution is 6.03. The summed E-state index contributed by atoms with van der Waals surface area (Å²) in [6, 6.07) is 11.3. The number of aryl methyl sites for hydroxylation is 3.